The van der Waals surface area contributed by atoms with Gasteiger partial charge >= 0.3 is 0 Å². The van der Waals surface area contributed by atoms with E-state index >= 15 is 0 Å². The second kappa shape index (κ2) is 3.66. The van der Waals surface area contributed by atoms with Gasteiger partial charge in [-0.2, -0.15) is 0 Å². The number of aryl methyl sites for hydroxylation is 1. The first-order valence-corrected chi connectivity index (χ1v) is 6.17. The summed E-state index contributed by atoms with van der Waals surface area (Å²) in [6.07, 6.45) is 2.61. The molecule has 0 nitrogen and oxygen atoms in total. The van der Waals surface area contributed by atoms with Gasteiger partial charge in [-0.25, -0.2) is 0 Å². The van der Waals surface area contributed by atoms with E-state index in [4.69, 9.17) is 0 Å². The summed E-state index contributed by atoms with van der Waals surface area (Å²) < 4.78 is 0. The van der Waals surface area contributed by atoms with Crippen LogP contribution in [0.1, 0.15) is 45.2 Å². The molecule has 0 aliphatic heterocycles. The molecule has 2 rings (SSSR count). The van der Waals surface area contributed by atoms with Crippen LogP contribution in [0.25, 0.3) is 0 Å². The van der Waals surface area contributed by atoms with Crippen molar-refractivity contribution in [3.8, 4) is 0 Å². The lowest BCUT2D eigenvalue weighted by molar-refractivity contribution is 0.218. The van der Waals surface area contributed by atoms with E-state index in [9.17, 15) is 0 Å². The van der Waals surface area contributed by atoms with Crippen molar-refractivity contribution < 1.29 is 0 Å². The van der Waals surface area contributed by atoms with Gasteiger partial charge < -0.3 is 0 Å². The summed E-state index contributed by atoms with van der Waals surface area (Å²) in [5.41, 5.74) is 3.63. The maximum absolute atomic E-state index is 2.38. The van der Waals surface area contributed by atoms with Gasteiger partial charge in [0.1, 0.15) is 0 Å². The van der Waals surface area contributed by atoms with E-state index in [1.54, 1.807) is 11.1 Å². The SMILES string of the molecule is CC(C)C1(C(C)C)CCc2ccccc21. The van der Waals surface area contributed by atoms with Crippen molar-refractivity contribution in [3.63, 3.8) is 0 Å². The zero-order valence-corrected chi connectivity index (χ0v) is 10.4. The fourth-order valence-electron chi connectivity index (χ4n) is 3.53. The van der Waals surface area contributed by atoms with Crippen LogP contribution in [0.4, 0.5) is 0 Å². The third kappa shape index (κ3) is 1.42. The van der Waals surface area contributed by atoms with Crippen LogP contribution in [0.15, 0.2) is 24.3 Å². The van der Waals surface area contributed by atoms with E-state index in [2.05, 4.69) is 52.0 Å². The third-order valence-corrected chi connectivity index (χ3v) is 4.39. The Labute approximate surface area is 93.7 Å². The molecule has 0 heterocycles. The molecule has 82 valence electrons. The van der Waals surface area contributed by atoms with Gasteiger partial charge in [-0.3, -0.25) is 0 Å². The molecule has 1 aliphatic rings. The largest absolute Gasteiger partial charge is 0.0620 e. The lowest BCUT2D eigenvalue weighted by Crippen LogP contribution is -2.35. The second-order valence-electron chi connectivity index (χ2n) is 5.51. The van der Waals surface area contributed by atoms with Gasteiger partial charge in [-0.05, 0) is 35.8 Å². The van der Waals surface area contributed by atoms with Crippen molar-refractivity contribution in [1.82, 2.24) is 0 Å². The molecule has 0 N–H and O–H groups in total. The first kappa shape index (κ1) is 10.7. The monoisotopic (exact) mass is 202 g/mol. The van der Waals surface area contributed by atoms with Crippen molar-refractivity contribution in [2.24, 2.45) is 11.8 Å². The summed E-state index contributed by atoms with van der Waals surface area (Å²) >= 11 is 0. The van der Waals surface area contributed by atoms with Crippen molar-refractivity contribution in [2.75, 3.05) is 0 Å². The van der Waals surface area contributed by atoms with Crippen LogP contribution in [-0.4, -0.2) is 0 Å². The third-order valence-electron chi connectivity index (χ3n) is 4.39. The minimum Gasteiger partial charge on any atom is -0.0620 e. The van der Waals surface area contributed by atoms with Crippen molar-refractivity contribution in [3.05, 3.63) is 35.4 Å². The van der Waals surface area contributed by atoms with E-state index in [1.807, 2.05) is 0 Å². The molecule has 0 saturated heterocycles. The molecule has 1 aromatic carbocycles. The van der Waals surface area contributed by atoms with Gasteiger partial charge in [0.15, 0.2) is 0 Å². The molecule has 15 heavy (non-hydrogen) atoms. The van der Waals surface area contributed by atoms with E-state index < -0.39 is 0 Å². The van der Waals surface area contributed by atoms with Crippen LogP contribution >= 0.6 is 0 Å². The highest BCUT2D eigenvalue weighted by Crippen LogP contribution is 2.49. The topological polar surface area (TPSA) is 0 Å². The molecule has 0 unspecified atom stereocenters. The highest BCUT2D eigenvalue weighted by Gasteiger charge is 2.43. The van der Waals surface area contributed by atoms with Crippen LogP contribution in [-0.2, 0) is 11.8 Å². The predicted molar refractivity (Wildman–Crippen MR) is 66.1 cm³/mol. The van der Waals surface area contributed by atoms with E-state index in [0.717, 1.165) is 11.8 Å². The normalized spacial score (nSPS) is 18.5. The highest BCUT2D eigenvalue weighted by atomic mass is 14.5. The maximum Gasteiger partial charge on any atom is 0.000483 e. The van der Waals surface area contributed by atoms with Gasteiger partial charge in [-0.15, -0.1) is 0 Å². The van der Waals surface area contributed by atoms with Crippen LogP contribution in [0.2, 0.25) is 0 Å². The lowest BCUT2D eigenvalue weighted by atomic mass is 9.65. The minimum atomic E-state index is 0.427. The highest BCUT2D eigenvalue weighted by molar-refractivity contribution is 5.40. The number of rotatable bonds is 2. The first-order chi connectivity index (χ1) is 7.09. The predicted octanol–water partition coefficient (Wildman–Crippen LogP) is 4.18. The van der Waals surface area contributed by atoms with Gasteiger partial charge in [0.05, 0.1) is 0 Å². The summed E-state index contributed by atoms with van der Waals surface area (Å²) in [5, 5.41) is 0. The van der Waals surface area contributed by atoms with Gasteiger partial charge in [0, 0.05) is 5.41 Å². The van der Waals surface area contributed by atoms with Crippen LogP contribution in [0.5, 0.6) is 0 Å². The molecule has 1 aliphatic carbocycles. The Hall–Kier alpha value is -0.780. The molecule has 1 aromatic rings. The molecule has 0 bridgehead atoms. The van der Waals surface area contributed by atoms with Crippen molar-refractivity contribution in [1.29, 1.82) is 0 Å². The molecular weight excluding hydrogens is 180 g/mol. The van der Waals surface area contributed by atoms with E-state index in [1.165, 1.54) is 12.8 Å². The van der Waals surface area contributed by atoms with E-state index in [-0.39, 0.29) is 0 Å². The Morgan fingerprint density at radius 3 is 2.20 bits per heavy atom. The molecule has 0 fully saturated rings. The Balaban J connectivity index is 2.54. The summed E-state index contributed by atoms with van der Waals surface area (Å²) in [6, 6.07) is 9.03. The minimum absolute atomic E-state index is 0.427. The second-order valence-corrected chi connectivity index (χ2v) is 5.51. The standard InChI is InChI=1S/C15H22/c1-11(2)15(12(3)4)10-9-13-7-5-6-8-14(13)15/h5-8,11-12H,9-10H2,1-4H3. The first-order valence-electron chi connectivity index (χ1n) is 6.17. The number of fused-ring (bicyclic) bond motifs is 1. The molecule has 0 spiro atoms. The van der Waals surface area contributed by atoms with Crippen molar-refractivity contribution in [2.45, 2.75) is 46.0 Å². The number of hydrogen-bond acceptors (Lipinski definition) is 0. The summed E-state index contributed by atoms with van der Waals surface area (Å²) in [6.45, 7) is 9.51. The fourth-order valence-corrected chi connectivity index (χ4v) is 3.53. The molecule has 0 saturated carbocycles. The van der Waals surface area contributed by atoms with Crippen LogP contribution < -0.4 is 0 Å². The Kier molecular flexibility index (Phi) is 2.62. The lowest BCUT2D eigenvalue weighted by Gasteiger charge is -2.39. The average Bonchev–Trinajstić information content (AvgIpc) is 2.57. The molecule has 0 radical (unpaired) electrons. The average molecular weight is 202 g/mol. The maximum atomic E-state index is 2.38. The Morgan fingerprint density at radius 1 is 1.00 bits per heavy atom. The van der Waals surface area contributed by atoms with Gasteiger partial charge in [-0.1, -0.05) is 52.0 Å². The fraction of sp³-hybridized carbons (Fsp3) is 0.600. The molecule has 0 heteroatoms. The Bertz CT molecular complexity index is 339. The summed E-state index contributed by atoms with van der Waals surface area (Å²) in [5.74, 6) is 1.47. The molecule has 0 atom stereocenters. The number of benzene rings is 1. The molecular formula is C15H22. The van der Waals surface area contributed by atoms with E-state index in [0.29, 0.717) is 5.41 Å². The smallest absolute Gasteiger partial charge is 0.000483 e. The summed E-state index contributed by atoms with van der Waals surface area (Å²) in [7, 11) is 0. The molecule has 0 amide bonds. The quantitative estimate of drug-likeness (QED) is 0.675. The number of hydrogen-bond donors (Lipinski definition) is 0. The van der Waals surface area contributed by atoms with Crippen LogP contribution in [0, 0.1) is 11.8 Å². The summed E-state index contributed by atoms with van der Waals surface area (Å²) in [4.78, 5) is 0. The zero-order chi connectivity index (χ0) is 11.1. The zero-order valence-electron chi connectivity index (χ0n) is 10.4. The Morgan fingerprint density at radius 2 is 1.60 bits per heavy atom. The van der Waals surface area contributed by atoms with Crippen LogP contribution in [0.3, 0.4) is 0 Å². The van der Waals surface area contributed by atoms with Gasteiger partial charge in [0.2, 0.25) is 0 Å². The van der Waals surface area contributed by atoms with Crippen molar-refractivity contribution >= 4 is 0 Å². The van der Waals surface area contributed by atoms with Gasteiger partial charge in [0.25, 0.3) is 0 Å². The molecule has 0 aromatic heterocycles.